The van der Waals surface area contributed by atoms with Crippen LogP contribution in [0.5, 0.6) is 5.75 Å². The van der Waals surface area contributed by atoms with E-state index >= 15 is 0 Å². The molecule has 92 valence electrons. The molecule has 0 heterocycles. The lowest BCUT2D eigenvalue weighted by Gasteiger charge is -2.04. The Bertz CT molecular complexity index is 559. The number of nitrogens with zero attached hydrogens (tertiary/aromatic N) is 1. The third kappa shape index (κ3) is 3.10. The molecule has 2 rings (SSSR count). The van der Waals surface area contributed by atoms with Crippen molar-refractivity contribution in [1.29, 1.82) is 0 Å². The van der Waals surface area contributed by atoms with Crippen molar-refractivity contribution in [3.8, 4) is 5.75 Å². The number of hydrazone groups is 1. The zero-order valence-corrected chi connectivity index (χ0v) is 10.5. The Morgan fingerprint density at radius 1 is 1.11 bits per heavy atom. The van der Waals surface area contributed by atoms with Gasteiger partial charge in [0.2, 0.25) is 0 Å². The van der Waals surface area contributed by atoms with Crippen molar-refractivity contribution >= 4 is 11.4 Å². The van der Waals surface area contributed by atoms with Gasteiger partial charge in [0.25, 0.3) is 0 Å². The molecule has 2 aromatic rings. The number of phenolic OH excluding ortho intramolecular Hbond substituents is 1. The SMILES string of the molecule is C/C(=N\Nc1ccc(C)cc1)c1cccc(O)c1. The smallest absolute Gasteiger partial charge is 0.116 e. The summed E-state index contributed by atoms with van der Waals surface area (Å²) in [5, 5.41) is 13.7. The lowest BCUT2D eigenvalue weighted by atomic mass is 10.1. The summed E-state index contributed by atoms with van der Waals surface area (Å²) in [7, 11) is 0. The minimum absolute atomic E-state index is 0.248. The first kappa shape index (κ1) is 12.2. The van der Waals surface area contributed by atoms with Gasteiger partial charge in [-0.25, -0.2) is 0 Å². The minimum Gasteiger partial charge on any atom is -0.508 e. The average molecular weight is 240 g/mol. The van der Waals surface area contributed by atoms with Crippen LogP contribution in [0, 0.1) is 6.92 Å². The van der Waals surface area contributed by atoms with Gasteiger partial charge in [0.15, 0.2) is 0 Å². The number of anilines is 1. The van der Waals surface area contributed by atoms with Crippen molar-refractivity contribution in [2.75, 3.05) is 5.43 Å². The summed E-state index contributed by atoms with van der Waals surface area (Å²) in [5.41, 5.74) is 6.88. The summed E-state index contributed by atoms with van der Waals surface area (Å²) in [6.45, 7) is 3.95. The van der Waals surface area contributed by atoms with Crippen LogP contribution >= 0.6 is 0 Å². The zero-order valence-electron chi connectivity index (χ0n) is 10.5. The van der Waals surface area contributed by atoms with E-state index in [-0.39, 0.29) is 5.75 Å². The molecule has 0 bridgehead atoms. The van der Waals surface area contributed by atoms with Crippen LogP contribution in [0.15, 0.2) is 53.6 Å². The van der Waals surface area contributed by atoms with Crippen LogP contribution in [-0.2, 0) is 0 Å². The zero-order chi connectivity index (χ0) is 13.0. The largest absolute Gasteiger partial charge is 0.508 e. The molecule has 0 atom stereocenters. The van der Waals surface area contributed by atoms with E-state index in [1.807, 2.05) is 44.2 Å². The normalized spacial score (nSPS) is 11.3. The molecule has 0 spiro atoms. The van der Waals surface area contributed by atoms with E-state index in [2.05, 4.69) is 10.5 Å². The first-order chi connectivity index (χ1) is 8.65. The number of hydrogen-bond donors (Lipinski definition) is 2. The molecule has 0 fully saturated rings. The van der Waals surface area contributed by atoms with E-state index in [9.17, 15) is 5.11 Å². The minimum atomic E-state index is 0.248. The van der Waals surface area contributed by atoms with Gasteiger partial charge < -0.3 is 5.11 Å². The van der Waals surface area contributed by atoms with Crippen molar-refractivity contribution in [3.05, 3.63) is 59.7 Å². The van der Waals surface area contributed by atoms with Crippen LogP contribution < -0.4 is 5.43 Å². The fraction of sp³-hybridized carbons (Fsp3) is 0.133. The van der Waals surface area contributed by atoms with Crippen molar-refractivity contribution in [2.45, 2.75) is 13.8 Å². The average Bonchev–Trinajstić information content (AvgIpc) is 2.38. The fourth-order valence-corrected chi connectivity index (χ4v) is 1.57. The maximum absolute atomic E-state index is 9.40. The molecule has 2 N–H and O–H groups in total. The highest BCUT2D eigenvalue weighted by molar-refractivity contribution is 5.99. The number of nitrogens with one attached hydrogen (secondary N) is 1. The van der Waals surface area contributed by atoms with Crippen LogP contribution in [0.4, 0.5) is 5.69 Å². The number of phenols is 1. The van der Waals surface area contributed by atoms with Gasteiger partial charge in [0.1, 0.15) is 5.75 Å². The monoisotopic (exact) mass is 240 g/mol. The Balaban J connectivity index is 2.11. The molecule has 3 heteroatoms. The topological polar surface area (TPSA) is 44.6 Å². The van der Waals surface area contributed by atoms with E-state index < -0.39 is 0 Å². The molecule has 0 aromatic heterocycles. The van der Waals surface area contributed by atoms with Gasteiger partial charge in [0, 0.05) is 5.56 Å². The van der Waals surface area contributed by atoms with Crippen LogP contribution in [-0.4, -0.2) is 10.8 Å². The summed E-state index contributed by atoms with van der Waals surface area (Å²) in [6, 6.07) is 15.1. The lowest BCUT2D eigenvalue weighted by Crippen LogP contribution is -1.99. The number of hydrogen-bond acceptors (Lipinski definition) is 3. The third-order valence-electron chi connectivity index (χ3n) is 2.67. The Morgan fingerprint density at radius 3 is 2.50 bits per heavy atom. The third-order valence-corrected chi connectivity index (χ3v) is 2.67. The molecule has 0 saturated heterocycles. The summed E-state index contributed by atoms with van der Waals surface area (Å²) in [6.07, 6.45) is 0. The Labute approximate surface area is 107 Å². The Morgan fingerprint density at radius 2 is 1.83 bits per heavy atom. The summed E-state index contributed by atoms with van der Waals surface area (Å²) in [4.78, 5) is 0. The van der Waals surface area contributed by atoms with Crippen LogP contribution in [0.25, 0.3) is 0 Å². The van der Waals surface area contributed by atoms with Crippen molar-refractivity contribution < 1.29 is 5.11 Å². The first-order valence-corrected chi connectivity index (χ1v) is 5.81. The molecule has 3 nitrogen and oxygen atoms in total. The predicted octanol–water partition coefficient (Wildman–Crippen LogP) is 3.54. The highest BCUT2D eigenvalue weighted by Gasteiger charge is 1.98. The summed E-state index contributed by atoms with van der Waals surface area (Å²) < 4.78 is 0. The molecule has 0 aliphatic heterocycles. The predicted molar refractivity (Wildman–Crippen MR) is 75.1 cm³/mol. The second-order valence-corrected chi connectivity index (χ2v) is 4.23. The second-order valence-electron chi connectivity index (χ2n) is 4.23. The highest BCUT2D eigenvalue weighted by Crippen LogP contribution is 2.13. The van der Waals surface area contributed by atoms with Gasteiger partial charge in [-0.05, 0) is 38.1 Å². The molecular weight excluding hydrogens is 224 g/mol. The molecule has 0 aliphatic carbocycles. The van der Waals surface area contributed by atoms with Crippen molar-refractivity contribution in [2.24, 2.45) is 5.10 Å². The number of rotatable bonds is 3. The lowest BCUT2D eigenvalue weighted by molar-refractivity contribution is 0.475. The van der Waals surface area contributed by atoms with Gasteiger partial charge in [-0.1, -0.05) is 29.8 Å². The quantitative estimate of drug-likeness (QED) is 0.636. The van der Waals surface area contributed by atoms with E-state index in [4.69, 9.17) is 0 Å². The van der Waals surface area contributed by atoms with Crippen LogP contribution in [0.1, 0.15) is 18.1 Å². The van der Waals surface area contributed by atoms with Crippen LogP contribution in [0.3, 0.4) is 0 Å². The molecule has 0 amide bonds. The number of aryl methyl sites for hydroxylation is 1. The first-order valence-electron chi connectivity index (χ1n) is 5.81. The number of benzene rings is 2. The number of aromatic hydroxyl groups is 1. The maximum Gasteiger partial charge on any atom is 0.116 e. The van der Waals surface area contributed by atoms with Gasteiger partial charge in [0.05, 0.1) is 11.4 Å². The highest BCUT2D eigenvalue weighted by atomic mass is 16.3. The van der Waals surface area contributed by atoms with Gasteiger partial charge >= 0.3 is 0 Å². The van der Waals surface area contributed by atoms with Gasteiger partial charge in [-0.2, -0.15) is 5.10 Å². The van der Waals surface area contributed by atoms with E-state index in [0.717, 1.165) is 17.0 Å². The fourth-order valence-electron chi connectivity index (χ4n) is 1.57. The molecule has 18 heavy (non-hydrogen) atoms. The molecule has 0 unspecified atom stereocenters. The molecule has 2 aromatic carbocycles. The van der Waals surface area contributed by atoms with Crippen molar-refractivity contribution in [1.82, 2.24) is 0 Å². The van der Waals surface area contributed by atoms with Crippen molar-refractivity contribution in [3.63, 3.8) is 0 Å². The van der Waals surface area contributed by atoms with Crippen LogP contribution in [0.2, 0.25) is 0 Å². The van der Waals surface area contributed by atoms with Gasteiger partial charge in [-0.15, -0.1) is 0 Å². The van der Waals surface area contributed by atoms with Gasteiger partial charge in [-0.3, -0.25) is 5.43 Å². The summed E-state index contributed by atoms with van der Waals surface area (Å²) in [5.74, 6) is 0.248. The maximum atomic E-state index is 9.40. The standard InChI is InChI=1S/C15H16N2O/c1-11-6-8-14(9-7-11)17-16-12(2)13-4-3-5-15(18)10-13/h3-10,17-18H,1-2H3/b16-12+. The molecule has 0 aliphatic rings. The Kier molecular flexibility index (Phi) is 3.63. The Hall–Kier alpha value is -2.29. The van der Waals surface area contributed by atoms with E-state index in [1.165, 1.54) is 5.56 Å². The molecular formula is C15H16N2O. The molecule has 0 radical (unpaired) electrons. The molecule has 0 saturated carbocycles. The van der Waals surface area contributed by atoms with E-state index in [0.29, 0.717) is 0 Å². The van der Waals surface area contributed by atoms with E-state index in [1.54, 1.807) is 18.2 Å². The summed E-state index contributed by atoms with van der Waals surface area (Å²) >= 11 is 0. The second kappa shape index (κ2) is 5.36.